The number of carbonyl (C=O) groups is 1. The molecule has 0 bridgehead atoms. The fourth-order valence-electron chi connectivity index (χ4n) is 1.82. The van der Waals surface area contributed by atoms with Gasteiger partial charge in [0.2, 0.25) is 0 Å². The quantitative estimate of drug-likeness (QED) is 0.860. The molecule has 1 aromatic rings. The van der Waals surface area contributed by atoms with E-state index in [1.54, 1.807) is 11.9 Å². The Morgan fingerprint density at radius 1 is 1.32 bits per heavy atom. The second-order valence-corrected chi connectivity index (χ2v) is 8.71. The third kappa shape index (κ3) is 6.18. The van der Waals surface area contributed by atoms with Crippen LogP contribution in [0.4, 0.5) is 10.5 Å². The minimum atomic E-state index is -0.945. The number of nitrogens with one attached hydrogen (secondary N) is 1. The molecule has 1 N–H and O–H groups in total. The van der Waals surface area contributed by atoms with Crippen LogP contribution < -0.4 is 5.32 Å². The molecule has 0 unspecified atom stereocenters. The molecular weight excluding hydrogens is 296 g/mol. The second kappa shape index (κ2) is 8.32. The topological polar surface area (TPSA) is 49.4 Å². The van der Waals surface area contributed by atoms with Crippen LogP contribution in [0.25, 0.3) is 0 Å². The third-order valence-corrected chi connectivity index (χ3v) is 5.31. The maximum absolute atomic E-state index is 12.2. The van der Waals surface area contributed by atoms with Crippen molar-refractivity contribution in [2.24, 2.45) is 0 Å². The molecule has 1 aromatic carbocycles. The maximum Gasteiger partial charge on any atom is 0.321 e. The Balaban J connectivity index is 2.68. The van der Waals surface area contributed by atoms with Crippen LogP contribution in [0.3, 0.4) is 0 Å². The van der Waals surface area contributed by atoms with Crippen molar-refractivity contribution in [3.63, 3.8) is 0 Å². The van der Waals surface area contributed by atoms with Gasteiger partial charge >= 0.3 is 6.03 Å². The molecule has 0 radical (unpaired) electrons. The molecule has 0 spiro atoms. The van der Waals surface area contributed by atoms with Crippen LogP contribution in [0.15, 0.2) is 24.3 Å². The molecule has 0 aliphatic heterocycles. The lowest BCUT2D eigenvalue weighted by molar-refractivity contribution is 0.222. The summed E-state index contributed by atoms with van der Waals surface area (Å²) < 4.78 is 12.0. The number of unbranched alkanes of at least 4 members (excludes halogenated alkanes) is 1. The Morgan fingerprint density at radius 3 is 2.59 bits per heavy atom. The van der Waals surface area contributed by atoms with Crippen molar-refractivity contribution in [1.29, 1.82) is 0 Å². The molecule has 22 heavy (non-hydrogen) atoms. The molecule has 0 heterocycles. The summed E-state index contributed by atoms with van der Waals surface area (Å²) >= 11 is 0. The van der Waals surface area contributed by atoms with Crippen molar-refractivity contribution in [2.75, 3.05) is 18.9 Å². The first kappa shape index (κ1) is 18.7. The molecule has 0 saturated carbocycles. The Kier molecular flexibility index (Phi) is 7.07. The van der Waals surface area contributed by atoms with E-state index in [2.05, 4.69) is 12.2 Å². The summed E-state index contributed by atoms with van der Waals surface area (Å²) in [4.78, 5) is 13.7. The zero-order valence-corrected chi connectivity index (χ0v) is 15.1. The van der Waals surface area contributed by atoms with Crippen LogP contribution in [0, 0.1) is 0 Å². The fourth-order valence-corrected chi connectivity index (χ4v) is 2.74. The van der Waals surface area contributed by atoms with E-state index < -0.39 is 10.8 Å². The average Bonchev–Trinajstić information content (AvgIpc) is 2.44. The van der Waals surface area contributed by atoms with Crippen molar-refractivity contribution in [1.82, 2.24) is 4.90 Å². The molecule has 0 aromatic heterocycles. The summed E-state index contributed by atoms with van der Waals surface area (Å²) in [7, 11) is 0.850. The highest BCUT2D eigenvalue weighted by molar-refractivity contribution is 7.85. The van der Waals surface area contributed by atoms with Crippen LogP contribution in [-0.2, 0) is 16.6 Å². The van der Waals surface area contributed by atoms with Crippen molar-refractivity contribution < 1.29 is 9.00 Å². The van der Waals surface area contributed by atoms with Gasteiger partial charge in [0.15, 0.2) is 0 Å². The van der Waals surface area contributed by atoms with E-state index in [1.807, 2.05) is 45.0 Å². The van der Waals surface area contributed by atoms with Gasteiger partial charge in [0, 0.05) is 40.6 Å². The van der Waals surface area contributed by atoms with E-state index in [0.717, 1.165) is 30.6 Å². The van der Waals surface area contributed by atoms with Gasteiger partial charge in [-0.05, 0) is 44.9 Å². The zero-order valence-electron chi connectivity index (χ0n) is 14.3. The Bertz CT molecular complexity index is 524. The highest BCUT2D eigenvalue weighted by Gasteiger charge is 2.19. The van der Waals surface area contributed by atoms with Gasteiger partial charge in [0.25, 0.3) is 0 Å². The van der Waals surface area contributed by atoms with Crippen molar-refractivity contribution >= 4 is 22.5 Å². The first-order valence-electron chi connectivity index (χ1n) is 7.73. The van der Waals surface area contributed by atoms with Crippen LogP contribution in [0.2, 0.25) is 0 Å². The van der Waals surface area contributed by atoms with E-state index in [4.69, 9.17) is 0 Å². The molecule has 124 valence electrons. The zero-order chi connectivity index (χ0) is 16.8. The lowest BCUT2D eigenvalue weighted by atomic mass is 10.2. The molecule has 5 heteroatoms. The predicted molar refractivity (Wildman–Crippen MR) is 94.6 cm³/mol. The smallest absolute Gasteiger partial charge is 0.321 e. The molecule has 1 atom stereocenters. The van der Waals surface area contributed by atoms with Crippen LogP contribution in [-0.4, -0.2) is 33.5 Å². The normalized spacial score (nSPS) is 12.8. The van der Waals surface area contributed by atoms with Gasteiger partial charge < -0.3 is 10.2 Å². The highest BCUT2D eigenvalue weighted by atomic mass is 32.2. The number of benzene rings is 1. The number of rotatable bonds is 6. The number of carbonyl (C=O) groups excluding carboxylic acids is 1. The molecule has 2 amide bonds. The largest absolute Gasteiger partial charge is 0.328 e. The van der Waals surface area contributed by atoms with Gasteiger partial charge in [0.1, 0.15) is 0 Å². The third-order valence-electron chi connectivity index (χ3n) is 3.35. The molecule has 0 aliphatic rings. The molecule has 1 rings (SSSR count). The van der Waals surface area contributed by atoms with Gasteiger partial charge in [-0.1, -0.05) is 25.5 Å². The van der Waals surface area contributed by atoms with Gasteiger partial charge in [-0.3, -0.25) is 4.21 Å². The van der Waals surface area contributed by atoms with E-state index in [1.165, 1.54) is 0 Å². The van der Waals surface area contributed by atoms with Crippen LogP contribution in [0.5, 0.6) is 0 Å². The highest BCUT2D eigenvalue weighted by Crippen LogP contribution is 2.18. The molecule has 0 fully saturated rings. The summed E-state index contributed by atoms with van der Waals surface area (Å²) in [5.41, 5.74) is 1.72. The van der Waals surface area contributed by atoms with Gasteiger partial charge in [-0.2, -0.15) is 0 Å². The van der Waals surface area contributed by atoms with Crippen LogP contribution >= 0.6 is 0 Å². The maximum atomic E-state index is 12.2. The van der Waals surface area contributed by atoms with Crippen molar-refractivity contribution in [2.45, 2.75) is 51.0 Å². The first-order chi connectivity index (χ1) is 10.2. The Hall–Kier alpha value is -1.36. The Labute approximate surface area is 136 Å². The summed E-state index contributed by atoms with van der Waals surface area (Å²) in [6, 6.07) is 7.48. The SMILES string of the molecule is CCCCN(C)C(=O)Nc1cccc(C[S@](=O)C(C)(C)C)c1. The van der Waals surface area contributed by atoms with Gasteiger partial charge in [0.05, 0.1) is 0 Å². The fraction of sp³-hybridized carbons (Fsp3) is 0.588. The molecule has 0 aliphatic carbocycles. The number of nitrogens with zero attached hydrogens (tertiary/aromatic N) is 1. The lowest BCUT2D eigenvalue weighted by Gasteiger charge is -2.19. The van der Waals surface area contributed by atoms with E-state index in [9.17, 15) is 9.00 Å². The Morgan fingerprint density at radius 2 is 2.00 bits per heavy atom. The average molecular weight is 324 g/mol. The van der Waals surface area contributed by atoms with Crippen molar-refractivity contribution in [3.05, 3.63) is 29.8 Å². The number of hydrogen-bond acceptors (Lipinski definition) is 2. The molecule has 4 nitrogen and oxygen atoms in total. The van der Waals surface area contributed by atoms with Crippen LogP contribution in [0.1, 0.15) is 46.1 Å². The number of amides is 2. The monoisotopic (exact) mass is 324 g/mol. The number of anilines is 1. The molecule has 0 saturated heterocycles. The van der Waals surface area contributed by atoms with E-state index in [-0.39, 0.29) is 10.8 Å². The molecular formula is C17H28N2O2S. The summed E-state index contributed by atoms with van der Waals surface area (Å²) in [5, 5.41) is 2.89. The van der Waals surface area contributed by atoms with Gasteiger partial charge in [-0.15, -0.1) is 0 Å². The van der Waals surface area contributed by atoms with E-state index in [0.29, 0.717) is 5.75 Å². The number of hydrogen-bond donors (Lipinski definition) is 1. The predicted octanol–water partition coefficient (Wildman–Crippen LogP) is 4.00. The number of urea groups is 1. The minimum Gasteiger partial charge on any atom is -0.328 e. The van der Waals surface area contributed by atoms with E-state index >= 15 is 0 Å². The first-order valence-corrected chi connectivity index (χ1v) is 9.05. The standard InChI is InChI=1S/C17H28N2O2S/c1-6-7-11-19(5)16(20)18-15-10-8-9-14(12-15)13-22(21)17(2,3)4/h8-10,12H,6-7,11,13H2,1-5H3,(H,18,20)/t22-/m0/s1. The summed E-state index contributed by atoms with van der Waals surface area (Å²) in [6.45, 7) is 8.76. The minimum absolute atomic E-state index is 0.109. The lowest BCUT2D eigenvalue weighted by Crippen LogP contribution is -2.32. The van der Waals surface area contributed by atoms with Crippen molar-refractivity contribution in [3.8, 4) is 0 Å². The van der Waals surface area contributed by atoms with Gasteiger partial charge in [-0.25, -0.2) is 4.79 Å². The summed E-state index contributed by atoms with van der Waals surface area (Å²) in [5.74, 6) is 0.499. The second-order valence-electron chi connectivity index (χ2n) is 6.51. The summed E-state index contributed by atoms with van der Waals surface area (Å²) in [6.07, 6.45) is 2.06.